The normalized spacial score (nSPS) is 12.8. The third-order valence-corrected chi connectivity index (χ3v) is 10.1. The van der Waals surface area contributed by atoms with Gasteiger partial charge in [-0.25, -0.2) is 9.97 Å². The van der Waals surface area contributed by atoms with E-state index in [0.717, 1.165) is 17.6 Å². The number of nitrogens with zero attached hydrogens (tertiary/aromatic N) is 2. The molecule has 0 aliphatic heterocycles. The van der Waals surface area contributed by atoms with Gasteiger partial charge in [-0.15, -0.1) is 34.0 Å². The van der Waals surface area contributed by atoms with Gasteiger partial charge in [-0.1, -0.05) is 34.6 Å². The average molecular weight is 501 g/mol. The van der Waals surface area contributed by atoms with E-state index in [1.165, 1.54) is 56.5 Å². The van der Waals surface area contributed by atoms with Crippen molar-refractivity contribution in [3.05, 3.63) is 58.0 Å². The summed E-state index contributed by atoms with van der Waals surface area (Å²) in [5.74, 6) is 0.658. The Morgan fingerprint density at radius 1 is 0.941 bits per heavy atom. The van der Waals surface area contributed by atoms with Crippen LogP contribution in [0.3, 0.4) is 0 Å². The monoisotopic (exact) mass is 500 g/mol. The molecule has 6 rings (SSSR count). The number of aromatic nitrogens is 2. The molecule has 0 spiro atoms. The van der Waals surface area contributed by atoms with Crippen LogP contribution < -0.4 is 0 Å². The molecule has 2 nitrogen and oxygen atoms in total. The van der Waals surface area contributed by atoms with Crippen molar-refractivity contribution >= 4 is 74.5 Å². The van der Waals surface area contributed by atoms with Crippen molar-refractivity contribution in [1.29, 1.82) is 0 Å². The van der Waals surface area contributed by atoms with Crippen molar-refractivity contribution in [2.45, 2.75) is 53.4 Å². The molecular weight excluding hydrogens is 473 g/mol. The van der Waals surface area contributed by atoms with Crippen LogP contribution in [0.15, 0.2) is 42.0 Å². The maximum atomic E-state index is 4.84. The summed E-state index contributed by atoms with van der Waals surface area (Å²) in [6.45, 7) is 13.8. The summed E-state index contributed by atoms with van der Waals surface area (Å²) in [4.78, 5) is 11.1. The molecule has 0 aliphatic carbocycles. The Balaban J connectivity index is 1.65. The molecule has 172 valence electrons. The van der Waals surface area contributed by atoms with E-state index in [1.807, 2.05) is 34.0 Å². The third kappa shape index (κ3) is 3.40. The predicted octanol–water partition coefficient (Wildman–Crippen LogP) is 9.75. The van der Waals surface area contributed by atoms with E-state index < -0.39 is 0 Å². The van der Waals surface area contributed by atoms with Crippen LogP contribution in [-0.4, -0.2) is 9.97 Å². The maximum absolute atomic E-state index is 4.84. The number of fused-ring (bicyclic) bond motifs is 6. The number of benzene rings is 2. The van der Waals surface area contributed by atoms with Crippen molar-refractivity contribution in [2.75, 3.05) is 0 Å². The summed E-state index contributed by atoms with van der Waals surface area (Å²) in [5, 5.41) is 6.16. The van der Waals surface area contributed by atoms with Crippen molar-refractivity contribution in [2.24, 2.45) is 5.92 Å². The Morgan fingerprint density at radius 2 is 1.76 bits per heavy atom. The first-order valence-corrected chi connectivity index (χ1v) is 14.3. The molecule has 6 aromatic rings. The van der Waals surface area contributed by atoms with Crippen LogP contribution in [0.5, 0.6) is 0 Å². The molecule has 5 heteroatoms. The molecule has 0 radical (unpaired) electrons. The van der Waals surface area contributed by atoms with Crippen LogP contribution in [-0.2, 0) is 11.8 Å². The summed E-state index contributed by atoms with van der Waals surface area (Å²) in [5.41, 5.74) is 6.21. The van der Waals surface area contributed by atoms with Crippen LogP contribution in [0.4, 0.5) is 0 Å². The molecule has 0 saturated heterocycles. The van der Waals surface area contributed by atoms with Crippen LogP contribution in [0.2, 0.25) is 0 Å². The molecule has 0 bridgehead atoms. The zero-order chi connectivity index (χ0) is 23.8. The van der Waals surface area contributed by atoms with Crippen molar-refractivity contribution in [1.82, 2.24) is 9.97 Å². The highest BCUT2D eigenvalue weighted by Crippen LogP contribution is 2.46. The van der Waals surface area contributed by atoms with Crippen molar-refractivity contribution in [3.8, 4) is 11.3 Å². The molecular formula is C29H28N2S3. The van der Waals surface area contributed by atoms with Gasteiger partial charge < -0.3 is 0 Å². The van der Waals surface area contributed by atoms with Gasteiger partial charge in [-0.2, -0.15) is 0 Å². The predicted molar refractivity (Wildman–Crippen MR) is 153 cm³/mol. The molecule has 2 aromatic carbocycles. The minimum Gasteiger partial charge on any atom is -0.235 e. The Bertz CT molecular complexity index is 1710. The largest absolute Gasteiger partial charge is 0.235 e. The Morgan fingerprint density at radius 3 is 2.53 bits per heavy atom. The van der Waals surface area contributed by atoms with E-state index in [-0.39, 0.29) is 5.41 Å². The standard InChI is InChI=1S/C29H28N2S3/c1-15(2)11-22-16(3)23-21(33-22)8-7-19-25-28(34-27(19)23)24(30-14-31-25)18-12-17-9-10-32-26(17)20(13-18)29(4,5)6/h7-10,12-15H,11H2,1-6H3. The maximum Gasteiger partial charge on any atom is 0.116 e. The van der Waals surface area contributed by atoms with Gasteiger partial charge in [-0.05, 0) is 76.9 Å². The van der Waals surface area contributed by atoms with E-state index in [4.69, 9.17) is 9.97 Å². The SMILES string of the molecule is Cc1c(CC(C)C)sc2ccc3c4ncnc(-c5cc(C(C)(C)C)c6sccc6c5)c4sc3c12. The van der Waals surface area contributed by atoms with Crippen LogP contribution in [0, 0.1) is 12.8 Å². The second kappa shape index (κ2) is 7.84. The number of thiophene rings is 3. The lowest BCUT2D eigenvalue weighted by Gasteiger charge is -2.21. The average Bonchev–Trinajstić information content (AvgIpc) is 3.47. The van der Waals surface area contributed by atoms with Gasteiger partial charge in [0.15, 0.2) is 0 Å². The molecule has 4 aromatic heterocycles. The molecule has 0 N–H and O–H groups in total. The minimum atomic E-state index is 0.0676. The first kappa shape index (κ1) is 22.1. The van der Waals surface area contributed by atoms with E-state index in [1.54, 1.807) is 6.33 Å². The number of rotatable bonds is 3. The summed E-state index contributed by atoms with van der Waals surface area (Å²) in [7, 11) is 0. The van der Waals surface area contributed by atoms with E-state index in [9.17, 15) is 0 Å². The van der Waals surface area contributed by atoms with Gasteiger partial charge in [0.05, 0.1) is 15.9 Å². The molecule has 0 amide bonds. The van der Waals surface area contributed by atoms with Gasteiger partial charge in [0, 0.05) is 35.3 Å². The zero-order valence-corrected chi connectivity index (χ0v) is 22.9. The summed E-state index contributed by atoms with van der Waals surface area (Å²) < 4.78 is 5.31. The van der Waals surface area contributed by atoms with Gasteiger partial charge >= 0.3 is 0 Å². The lowest BCUT2D eigenvalue weighted by atomic mass is 9.85. The molecule has 0 fully saturated rings. The fourth-order valence-corrected chi connectivity index (χ4v) is 8.93. The van der Waals surface area contributed by atoms with Gasteiger partial charge in [0.1, 0.15) is 6.33 Å². The number of aryl methyl sites for hydroxylation is 1. The highest BCUT2D eigenvalue weighted by atomic mass is 32.1. The summed E-state index contributed by atoms with van der Waals surface area (Å²) >= 11 is 5.65. The Kier molecular flexibility index (Phi) is 5.11. The molecule has 0 unspecified atom stereocenters. The fraction of sp³-hybridized carbons (Fsp3) is 0.310. The molecule has 0 aliphatic rings. The van der Waals surface area contributed by atoms with Gasteiger partial charge in [0.25, 0.3) is 0 Å². The molecule has 4 heterocycles. The highest BCUT2D eigenvalue weighted by Gasteiger charge is 2.22. The Hall–Kier alpha value is -2.34. The second-order valence-corrected chi connectivity index (χ2v) is 13.8. The molecule has 0 saturated carbocycles. The fourth-order valence-electron chi connectivity index (χ4n) is 4.96. The van der Waals surface area contributed by atoms with Crippen LogP contribution in [0.25, 0.3) is 51.7 Å². The third-order valence-electron chi connectivity index (χ3n) is 6.64. The van der Waals surface area contributed by atoms with Crippen LogP contribution in [0.1, 0.15) is 50.6 Å². The topological polar surface area (TPSA) is 25.8 Å². The van der Waals surface area contributed by atoms with Crippen LogP contribution >= 0.6 is 34.0 Å². The summed E-state index contributed by atoms with van der Waals surface area (Å²) in [6, 6.07) is 11.5. The summed E-state index contributed by atoms with van der Waals surface area (Å²) in [6.07, 6.45) is 2.88. The first-order chi connectivity index (χ1) is 16.2. The Labute approximate surface area is 212 Å². The highest BCUT2D eigenvalue weighted by molar-refractivity contribution is 7.28. The number of hydrogen-bond donors (Lipinski definition) is 0. The van der Waals surface area contributed by atoms with E-state index >= 15 is 0 Å². The van der Waals surface area contributed by atoms with Crippen molar-refractivity contribution < 1.29 is 0 Å². The smallest absolute Gasteiger partial charge is 0.116 e. The molecule has 0 atom stereocenters. The molecule has 34 heavy (non-hydrogen) atoms. The van der Waals surface area contributed by atoms with E-state index in [0.29, 0.717) is 5.92 Å². The zero-order valence-electron chi connectivity index (χ0n) is 20.4. The lowest BCUT2D eigenvalue weighted by molar-refractivity contribution is 0.597. The quantitative estimate of drug-likeness (QED) is 0.242. The van der Waals surface area contributed by atoms with Gasteiger partial charge in [-0.3, -0.25) is 0 Å². The lowest BCUT2D eigenvalue weighted by Crippen LogP contribution is -2.11. The van der Waals surface area contributed by atoms with E-state index in [2.05, 4.69) is 77.3 Å². The van der Waals surface area contributed by atoms with Crippen molar-refractivity contribution in [3.63, 3.8) is 0 Å². The van der Waals surface area contributed by atoms with Gasteiger partial charge in [0.2, 0.25) is 0 Å². The first-order valence-electron chi connectivity index (χ1n) is 11.8. The number of hydrogen-bond acceptors (Lipinski definition) is 5. The second-order valence-electron chi connectivity index (χ2n) is 10.7. The minimum absolute atomic E-state index is 0.0676.